The van der Waals surface area contributed by atoms with E-state index in [9.17, 15) is 18.0 Å². The summed E-state index contributed by atoms with van der Waals surface area (Å²) in [5.74, 6) is -0.00607. The molecule has 0 radical (unpaired) electrons. The second-order valence-corrected chi connectivity index (χ2v) is 5.87. The number of fused-ring (bicyclic) bond motifs is 2. The maximum atomic E-state index is 11.9. The number of hydrogen-bond acceptors (Lipinski definition) is 5. The summed E-state index contributed by atoms with van der Waals surface area (Å²) in [7, 11) is -4.76. The summed E-state index contributed by atoms with van der Waals surface area (Å²) in [6.45, 7) is 1.09. The van der Waals surface area contributed by atoms with Gasteiger partial charge in [-0.05, 0) is 12.5 Å². The third-order valence-electron chi connectivity index (χ3n) is 3.50. The Hall–Kier alpha value is -1.65. The molecule has 0 aromatic heterocycles. The van der Waals surface area contributed by atoms with Crippen molar-refractivity contribution in [2.24, 2.45) is 0 Å². The second-order valence-electron chi connectivity index (χ2n) is 4.87. The minimum atomic E-state index is -4.76. The fourth-order valence-electron chi connectivity index (χ4n) is 2.70. The van der Waals surface area contributed by atoms with Crippen molar-refractivity contribution in [2.45, 2.75) is 18.9 Å². The monoisotopic (exact) mass is 303 g/mol. The van der Waals surface area contributed by atoms with Crippen LogP contribution in [0.25, 0.3) is 0 Å². The van der Waals surface area contributed by atoms with Crippen molar-refractivity contribution < 1.29 is 26.8 Å². The van der Waals surface area contributed by atoms with Crippen LogP contribution in [0.2, 0.25) is 0 Å². The summed E-state index contributed by atoms with van der Waals surface area (Å²) in [6, 6.07) is -1.29. The van der Waals surface area contributed by atoms with E-state index < -0.39 is 22.5 Å². The maximum absolute atomic E-state index is 11.9. The van der Waals surface area contributed by atoms with E-state index in [2.05, 4.69) is 4.28 Å². The number of nitrogens with zero attached hydrogens (tertiary/aromatic N) is 3. The lowest BCUT2D eigenvalue weighted by Gasteiger charge is -2.27. The molecule has 1 atom stereocenters. The van der Waals surface area contributed by atoms with Gasteiger partial charge in [0.15, 0.2) is 0 Å². The molecule has 110 valence electrons. The van der Waals surface area contributed by atoms with E-state index in [1.165, 1.54) is 4.90 Å². The highest BCUT2D eigenvalue weighted by Gasteiger charge is 2.44. The van der Waals surface area contributed by atoms with Crippen LogP contribution in [-0.4, -0.2) is 65.4 Å². The molecule has 0 aliphatic carbocycles. The molecule has 0 aromatic rings. The third kappa shape index (κ3) is 2.25. The van der Waals surface area contributed by atoms with Crippen LogP contribution in [0.5, 0.6) is 0 Å². The van der Waals surface area contributed by atoms with E-state index in [1.807, 2.05) is 0 Å². The minimum absolute atomic E-state index is 0.00607. The zero-order valence-corrected chi connectivity index (χ0v) is 11.2. The summed E-state index contributed by atoms with van der Waals surface area (Å²) < 4.78 is 34.5. The number of carbonyl (C=O) groups excluding carboxylic acids is 2. The molecule has 0 aromatic carbocycles. The third-order valence-corrected chi connectivity index (χ3v) is 3.85. The molecule has 0 saturated carbocycles. The Morgan fingerprint density at radius 1 is 1.35 bits per heavy atom. The zero-order valence-electron chi connectivity index (χ0n) is 10.4. The van der Waals surface area contributed by atoms with Crippen molar-refractivity contribution >= 4 is 22.3 Å². The first-order valence-corrected chi connectivity index (χ1v) is 7.48. The van der Waals surface area contributed by atoms with Gasteiger partial charge in [-0.1, -0.05) is 0 Å². The molecule has 3 aliphatic rings. The molecule has 3 amide bonds. The van der Waals surface area contributed by atoms with Gasteiger partial charge in [0.05, 0.1) is 6.54 Å². The van der Waals surface area contributed by atoms with Crippen molar-refractivity contribution in [1.29, 1.82) is 0 Å². The van der Waals surface area contributed by atoms with Crippen LogP contribution in [0.3, 0.4) is 0 Å². The lowest BCUT2D eigenvalue weighted by atomic mass is 10.1. The van der Waals surface area contributed by atoms with Gasteiger partial charge >= 0.3 is 16.4 Å². The molecule has 0 spiro atoms. The molecule has 1 unspecified atom stereocenters. The number of carbonyl (C=O) groups is 2. The van der Waals surface area contributed by atoms with Crippen molar-refractivity contribution in [2.75, 3.05) is 19.6 Å². The van der Waals surface area contributed by atoms with Crippen LogP contribution in [0.4, 0.5) is 4.79 Å². The Kier molecular flexibility index (Phi) is 2.96. The van der Waals surface area contributed by atoms with E-state index in [0.717, 1.165) is 6.42 Å². The SMILES string of the molecule is O=C1CCCN1C1=CC2CN(C1)C(=O)N2OS(=O)(=O)O. The standard InChI is InChI=1S/C10H13N3O6S/c14-9-2-1-3-12(9)7-4-8-6-11(5-7)10(15)13(8)19-20(16,17)18/h4,8H,1-3,5-6H2,(H,16,17,18). The predicted molar refractivity (Wildman–Crippen MR) is 64.3 cm³/mol. The van der Waals surface area contributed by atoms with Gasteiger partial charge in [-0.3, -0.25) is 9.35 Å². The van der Waals surface area contributed by atoms with Crippen LogP contribution in [-0.2, 0) is 19.5 Å². The van der Waals surface area contributed by atoms with Crippen molar-refractivity contribution in [3.05, 3.63) is 11.8 Å². The van der Waals surface area contributed by atoms with Gasteiger partial charge in [0.2, 0.25) is 5.91 Å². The van der Waals surface area contributed by atoms with Crippen LogP contribution in [0.1, 0.15) is 12.8 Å². The predicted octanol–water partition coefficient (Wildman–Crippen LogP) is -0.653. The van der Waals surface area contributed by atoms with E-state index in [-0.39, 0.29) is 19.0 Å². The highest BCUT2D eigenvalue weighted by Crippen LogP contribution is 2.28. The average molecular weight is 303 g/mol. The first-order valence-electron chi connectivity index (χ1n) is 6.11. The molecular formula is C10H13N3O6S. The molecule has 1 N–H and O–H groups in total. The number of urea groups is 1. The van der Waals surface area contributed by atoms with E-state index in [4.69, 9.17) is 4.55 Å². The van der Waals surface area contributed by atoms with Crippen LogP contribution in [0.15, 0.2) is 11.8 Å². The topological polar surface area (TPSA) is 107 Å². The van der Waals surface area contributed by atoms with Crippen molar-refractivity contribution in [1.82, 2.24) is 14.9 Å². The summed E-state index contributed by atoms with van der Waals surface area (Å²) in [6.07, 6.45) is 2.87. The van der Waals surface area contributed by atoms with Crippen molar-refractivity contribution in [3.8, 4) is 0 Å². The van der Waals surface area contributed by atoms with Gasteiger partial charge in [-0.2, -0.15) is 13.5 Å². The largest absolute Gasteiger partial charge is 0.418 e. The Labute approximate surface area is 115 Å². The molecule has 2 fully saturated rings. The number of likely N-dealkylation sites (tertiary alicyclic amines) is 1. The first kappa shape index (κ1) is 13.3. The smallest absolute Gasteiger partial charge is 0.315 e. The summed E-state index contributed by atoms with van der Waals surface area (Å²) >= 11 is 0. The zero-order chi connectivity index (χ0) is 14.5. The van der Waals surface area contributed by atoms with Gasteiger partial charge in [0.25, 0.3) is 0 Å². The molecule has 3 heterocycles. The van der Waals surface area contributed by atoms with Gasteiger partial charge in [-0.15, -0.1) is 4.28 Å². The Bertz CT molecular complexity index is 600. The molecule has 10 heteroatoms. The maximum Gasteiger partial charge on any atom is 0.418 e. The number of rotatable bonds is 3. The summed E-state index contributed by atoms with van der Waals surface area (Å²) in [5, 5.41) is 0.614. The Morgan fingerprint density at radius 3 is 2.70 bits per heavy atom. The molecule has 20 heavy (non-hydrogen) atoms. The minimum Gasteiger partial charge on any atom is -0.315 e. The molecular weight excluding hydrogens is 290 g/mol. The fraction of sp³-hybridized carbons (Fsp3) is 0.600. The Morgan fingerprint density at radius 2 is 2.10 bits per heavy atom. The van der Waals surface area contributed by atoms with Gasteiger partial charge < -0.3 is 9.80 Å². The number of hydroxylamine groups is 2. The Balaban J connectivity index is 1.84. The summed E-state index contributed by atoms with van der Waals surface area (Å²) in [5.41, 5.74) is 0.665. The van der Waals surface area contributed by atoms with Gasteiger partial charge in [0, 0.05) is 25.2 Å². The van der Waals surface area contributed by atoms with Gasteiger partial charge in [-0.25, -0.2) is 4.79 Å². The molecule has 9 nitrogen and oxygen atoms in total. The molecule has 3 rings (SSSR count). The van der Waals surface area contributed by atoms with Crippen molar-refractivity contribution in [3.63, 3.8) is 0 Å². The fourth-order valence-corrected chi connectivity index (χ4v) is 3.08. The van der Waals surface area contributed by atoms with E-state index >= 15 is 0 Å². The highest BCUT2D eigenvalue weighted by molar-refractivity contribution is 7.80. The lowest BCUT2D eigenvalue weighted by molar-refractivity contribution is -0.126. The van der Waals surface area contributed by atoms with Crippen LogP contribution >= 0.6 is 0 Å². The lowest BCUT2D eigenvalue weighted by Crippen LogP contribution is -2.37. The molecule has 2 saturated heterocycles. The number of hydrogen-bond donors (Lipinski definition) is 1. The summed E-state index contributed by atoms with van der Waals surface area (Å²) in [4.78, 5) is 26.6. The second kappa shape index (κ2) is 4.43. The average Bonchev–Trinajstić information content (AvgIpc) is 2.86. The van der Waals surface area contributed by atoms with E-state index in [0.29, 0.717) is 23.7 Å². The normalized spacial score (nSPS) is 26.6. The molecule has 2 bridgehead atoms. The van der Waals surface area contributed by atoms with Crippen LogP contribution < -0.4 is 0 Å². The highest BCUT2D eigenvalue weighted by atomic mass is 32.3. The van der Waals surface area contributed by atoms with Gasteiger partial charge in [0.1, 0.15) is 6.04 Å². The first-order chi connectivity index (χ1) is 9.35. The van der Waals surface area contributed by atoms with E-state index in [1.54, 1.807) is 11.0 Å². The van der Waals surface area contributed by atoms with Crippen LogP contribution in [0, 0.1) is 0 Å². The molecule has 3 aliphatic heterocycles. The number of amides is 3. The quantitative estimate of drug-likeness (QED) is 0.694.